The Morgan fingerprint density at radius 3 is 2.78 bits per heavy atom. The van der Waals surface area contributed by atoms with Crippen molar-refractivity contribution in [2.24, 2.45) is 5.92 Å². The minimum atomic E-state index is -0.0727. The minimum absolute atomic E-state index is 0.0727. The van der Waals surface area contributed by atoms with Crippen LogP contribution in [0.5, 0.6) is 5.75 Å². The summed E-state index contributed by atoms with van der Waals surface area (Å²) >= 11 is 0. The Kier molecular flexibility index (Phi) is 6.89. The number of carbonyl (C=O) groups is 1. The SMILES string of the molecule is COc1cccc(-c2cc3c(N4CCC[C@@H](C(=O)NCc5ccc(C(C)C)cc5)C4)nccn3n2)c1. The van der Waals surface area contributed by atoms with Crippen molar-refractivity contribution < 1.29 is 9.53 Å². The van der Waals surface area contributed by atoms with Gasteiger partial charge in [0.2, 0.25) is 5.91 Å². The van der Waals surface area contributed by atoms with Crippen molar-refractivity contribution in [1.82, 2.24) is 19.9 Å². The zero-order chi connectivity index (χ0) is 25.1. The van der Waals surface area contributed by atoms with Crippen molar-refractivity contribution in [3.05, 3.63) is 78.1 Å². The topological polar surface area (TPSA) is 71.8 Å². The molecule has 1 aliphatic rings. The number of carbonyl (C=O) groups excluding carboxylic acids is 1. The molecule has 36 heavy (non-hydrogen) atoms. The number of piperidine rings is 1. The number of anilines is 1. The molecule has 1 amide bonds. The zero-order valence-electron chi connectivity index (χ0n) is 21.1. The molecule has 7 nitrogen and oxygen atoms in total. The van der Waals surface area contributed by atoms with Gasteiger partial charge >= 0.3 is 0 Å². The quantitative estimate of drug-likeness (QED) is 0.398. The van der Waals surface area contributed by atoms with Crippen LogP contribution in [0.4, 0.5) is 5.82 Å². The standard InChI is InChI=1S/C29H33N5O2/c1-20(2)22-11-9-21(10-12-22)18-31-29(35)24-7-5-14-33(19-24)28-27-17-26(32-34(27)15-13-30-28)23-6-4-8-25(16-23)36-3/h4,6,8-13,15-17,20,24H,5,7,14,18-19H2,1-3H3,(H,31,35)/t24-/m1/s1. The smallest absolute Gasteiger partial charge is 0.225 e. The highest BCUT2D eigenvalue weighted by molar-refractivity contribution is 5.81. The Balaban J connectivity index is 1.29. The van der Waals surface area contributed by atoms with Crippen LogP contribution < -0.4 is 15.0 Å². The maximum atomic E-state index is 13.0. The molecule has 2 aromatic carbocycles. The van der Waals surface area contributed by atoms with Crippen LogP contribution >= 0.6 is 0 Å². The van der Waals surface area contributed by atoms with Gasteiger partial charge in [0.25, 0.3) is 0 Å². The van der Waals surface area contributed by atoms with Gasteiger partial charge in [0, 0.05) is 37.6 Å². The minimum Gasteiger partial charge on any atom is -0.497 e. The maximum Gasteiger partial charge on any atom is 0.225 e. The summed E-state index contributed by atoms with van der Waals surface area (Å²) < 4.78 is 7.24. The molecule has 3 heterocycles. The second-order valence-electron chi connectivity index (χ2n) is 9.74. The van der Waals surface area contributed by atoms with Gasteiger partial charge in [-0.15, -0.1) is 0 Å². The highest BCUT2D eigenvalue weighted by atomic mass is 16.5. The fourth-order valence-corrected chi connectivity index (χ4v) is 4.81. The second-order valence-corrected chi connectivity index (χ2v) is 9.74. The lowest BCUT2D eigenvalue weighted by molar-refractivity contribution is -0.125. The van der Waals surface area contributed by atoms with Gasteiger partial charge in [0.15, 0.2) is 5.82 Å². The first-order chi connectivity index (χ1) is 17.5. The highest BCUT2D eigenvalue weighted by Crippen LogP contribution is 2.29. The van der Waals surface area contributed by atoms with E-state index in [2.05, 4.69) is 59.4 Å². The van der Waals surface area contributed by atoms with E-state index in [0.717, 1.165) is 53.3 Å². The van der Waals surface area contributed by atoms with Crippen LogP contribution in [-0.4, -0.2) is 40.7 Å². The number of fused-ring (bicyclic) bond motifs is 1. The normalized spacial score (nSPS) is 15.9. The van der Waals surface area contributed by atoms with Gasteiger partial charge in [0.1, 0.15) is 11.3 Å². The van der Waals surface area contributed by atoms with Crippen LogP contribution in [0.2, 0.25) is 0 Å². The number of rotatable bonds is 7. The van der Waals surface area contributed by atoms with Crippen molar-refractivity contribution in [2.75, 3.05) is 25.1 Å². The van der Waals surface area contributed by atoms with Crippen molar-refractivity contribution in [1.29, 1.82) is 0 Å². The molecule has 0 radical (unpaired) electrons. The first-order valence-electron chi connectivity index (χ1n) is 12.6. The largest absolute Gasteiger partial charge is 0.497 e. The van der Waals surface area contributed by atoms with E-state index in [1.807, 2.05) is 35.0 Å². The van der Waals surface area contributed by atoms with Gasteiger partial charge in [-0.25, -0.2) is 9.50 Å². The third-order valence-electron chi connectivity index (χ3n) is 6.94. The molecular weight excluding hydrogens is 450 g/mol. The van der Waals surface area contributed by atoms with Gasteiger partial charge in [-0.3, -0.25) is 4.79 Å². The van der Waals surface area contributed by atoms with Gasteiger partial charge < -0.3 is 15.0 Å². The van der Waals surface area contributed by atoms with E-state index in [0.29, 0.717) is 19.0 Å². The molecule has 0 bridgehead atoms. The monoisotopic (exact) mass is 483 g/mol. The fraction of sp³-hybridized carbons (Fsp3) is 0.345. The molecule has 2 aromatic heterocycles. The summed E-state index contributed by atoms with van der Waals surface area (Å²) in [4.78, 5) is 20.0. The molecule has 1 aliphatic heterocycles. The first kappa shape index (κ1) is 23.9. The number of hydrogen-bond donors (Lipinski definition) is 1. The lowest BCUT2D eigenvalue weighted by atomic mass is 9.96. The van der Waals surface area contributed by atoms with Crippen LogP contribution in [0.15, 0.2) is 67.0 Å². The van der Waals surface area contributed by atoms with Gasteiger partial charge in [-0.05, 0) is 48.1 Å². The molecule has 0 aliphatic carbocycles. The van der Waals surface area contributed by atoms with E-state index in [1.54, 1.807) is 13.3 Å². The van der Waals surface area contributed by atoms with E-state index in [4.69, 9.17) is 9.84 Å². The molecule has 1 saturated heterocycles. The van der Waals surface area contributed by atoms with E-state index < -0.39 is 0 Å². The molecule has 5 rings (SSSR count). The molecular formula is C29H33N5O2. The predicted molar refractivity (Wildman–Crippen MR) is 142 cm³/mol. The summed E-state index contributed by atoms with van der Waals surface area (Å²) in [5.74, 6) is 2.19. The number of nitrogens with one attached hydrogen (secondary N) is 1. The molecule has 1 atom stereocenters. The summed E-state index contributed by atoms with van der Waals surface area (Å²) in [6.07, 6.45) is 5.46. The first-order valence-corrected chi connectivity index (χ1v) is 12.6. The Morgan fingerprint density at radius 1 is 1.17 bits per heavy atom. The van der Waals surface area contributed by atoms with E-state index in [1.165, 1.54) is 5.56 Å². The Morgan fingerprint density at radius 2 is 2.00 bits per heavy atom. The third-order valence-corrected chi connectivity index (χ3v) is 6.94. The predicted octanol–water partition coefficient (Wildman–Crippen LogP) is 5.06. The van der Waals surface area contributed by atoms with Gasteiger partial charge in [-0.2, -0.15) is 5.10 Å². The average molecular weight is 484 g/mol. The Hall–Kier alpha value is -3.87. The average Bonchev–Trinajstić information content (AvgIpc) is 3.37. The Bertz CT molecular complexity index is 1350. The lowest BCUT2D eigenvalue weighted by Crippen LogP contribution is -2.43. The van der Waals surface area contributed by atoms with Crippen LogP contribution in [0.25, 0.3) is 16.8 Å². The molecule has 0 unspecified atom stereocenters. The number of nitrogens with zero attached hydrogens (tertiary/aromatic N) is 4. The summed E-state index contributed by atoms with van der Waals surface area (Å²) in [6, 6.07) is 18.4. The van der Waals surface area contributed by atoms with Crippen molar-refractivity contribution in [3.8, 4) is 17.0 Å². The second kappa shape index (κ2) is 10.4. The Labute approximate surface area is 212 Å². The molecule has 0 saturated carbocycles. The van der Waals surface area contributed by atoms with Crippen molar-refractivity contribution in [3.63, 3.8) is 0 Å². The molecule has 1 N–H and O–H groups in total. The number of methoxy groups -OCH3 is 1. The zero-order valence-corrected chi connectivity index (χ0v) is 21.1. The number of aromatic nitrogens is 3. The summed E-state index contributed by atoms with van der Waals surface area (Å²) in [5.41, 5.74) is 5.21. The highest BCUT2D eigenvalue weighted by Gasteiger charge is 2.27. The molecule has 186 valence electrons. The van der Waals surface area contributed by atoms with Gasteiger partial charge in [0.05, 0.1) is 18.7 Å². The maximum absolute atomic E-state index is 13.0. The van der Waals surface area contributed by atoms with Gasteiger partial charge in [-0.1, -0.05) is 50.2 Å². The van der Waals surface area contributed by atoms with E-state index in [9.17, 15) is 4.79 Å². The summed E-state index contributed by atoms with van der Waals surface area (Å²) in [5, 5.41) is 7.91. The summed E-state index contributed by atoms with van der Waals surface area (Å²) in [7, 11) is 1.66. The summed E-state index contributed by atoms with van der Waals surface area (Å²) in [6.45, 7) is 6.43. The van der Waals surface area contributed by atoms with Crippen molar-refractivity contribution in [2.45, 2.75) is 39.2 Å². The number of benzene rings is 2. The third kappa shape index (κ3) is 5.05. The van der Waals surface area contributed by atoms with Crippen LogP contribution in [-0.2, 0) is 11.3 Å². The van der Waals surface area contributed by atoms with Crippen molar-refractivity contribution >= 4 is 17.2 Å². The number of amides is 1. The fourth-order valence-electron chi connectivity index (χ4n) is 4.81. The lowest BCUT2D eigenvalue weighted by Gasteiger charge is -2.33. The molecule has 0 spiro atoms. The van der Waals surface area contributed by atoms with E-state index in [-0.39, 0.29) is 11.8 Å². The van der Waals surface area contributed by atoms with E-state index >= 15 is 0 Å². The number of hydrogen-bond acceptors (Lipinski definition) is 5. The molecule has 7 heteroatoms. The number of ether oxygens (including phenoxy) is 1. The molecule has 4 aromatic rings. The van der Waals surface area contributed by atoms with Crippen LogP contribution in [0.1, 0.15) is 43.7 Å². The van der Waals surface area contributed by atoms with Crippen LogP contribution in [0.3, 0.4) is 0 Å². The molecule has 1 fully saturated rings. The van der Waals surface area contributed by atoms with Crippen LogP contribution in [0, 0.1) is 5.92 Å².